The molecule has 1 aliphatic rings. The second-order valence-electron chi connectivity index (χ2n) is 3.68. The molecule has 0 fully saturated rings. The van der Waals surface area contributed by atoms with Gasteiger partial charge >= 0.3 is 0 Å². The van der Waals surface area contributed by atoms with Crippen molar-refractivity contribution in [2.75, 3.05) is 13.1 Å². The Balaban J connectivity index is 1.96. The number of benzene rings is 1. The molecule has 1 aliphatic heterocycles. The molecule has 0 spiro atoms. The number of hydrogen-bond donors (Lipinski definition) is 0. The highest BCUT2D eigenvalue weighted by molar-refractivity contribution is 7.28. The van der Waals surface area contributed by atoms with Gasteiger partial charge in [-0.15, -0.1) is 18.5 Å². The van der Waals surface area contributed by atoms with Crippen LogP contribution in [0, 0.1) is 0 Å². The van der Waals surface area contributed by atoms with E-state index in [2.05, 4.69) is 53.7 Å². The summed E-state index contributed by atoms with van der Waals surface area (Å²) < 4.78 is 0. The van der Waals surface area contributed by atoms with Crippen LogP contribution < -0.4 is 0 Å². The Morgan fingerprint density at radius 3 is 2.14 bits per heavy atom. The van der Waals surface area contributed by atoms with E-state index in [4.69, 9.17) is 0 Å². The monoisotopic (exact) mass is 223 g/mol. The molecular formula is C11H15NP2. The van der Waals surface area contributed by atoms with Crippen molar-refractivity contribution < 1.29 is 0 Å². The van der Waals surface area contributed by atoms with Crippen LogP contribution in [0.25, 0.3) is 0 Å². The fourth-order valence-corrected chi connectivity index (χ4v) is 2.39. The van der Waals surface area contributed by atoms with Crippen LogP contribution in [0.5, 0.6) is 0 Å². The molecule has 0 saturated carbocycles. The van der Waals surface area contributed by atoms with Gasteiger partial charge in [0.2, 0.25) is 0 Å². The lowest BCUT2D eigenvalue weighted by Gasteiger charge is -2.15. The summed E-state index contributed by atoms with van der Waals surface area (Å²) in [5, 5.41) is 2.84. The summed E-state index contributed by atoms with van der Waals surface area (Å²) in [6.07, 6.45) is 0. The summed E-state index contributed by atoms with van der Waals surface area (Å²) in [5.41, 5.74) is 1.39. The zero-order chi connectivity index (χ0) is 9.97. The van der Waals surface area contributed by atoms with E-state index in [0.29, 0.717) is 0 Å². The predicted molar refractivity (Wildman–Crippen MR) is 68.2 cm³/mol. The van der Waals surface area contributed by atoms with Crippen molar-refractivity contribution in [2.24, 2.45) is 0 Å². The second kappa shape index (κ2) is 4.53. The molecule has 0 bridgehead atoms. The Hall–Kier alpha value is -0.220. The van der Waals surface area contributed by atoms with E-state index in [1.807, 2.05) is 0 Å². The Kier molecular flexibility index (Phi) is 3.34. The number of nitrogens with zero attached hydrogens (tertiary/aromatic N) is 1. The molecule has 2 rings (SSSR count). The largest absolute Gasteiger partial charge is 0.291 e. The van der Waals surface area contributed by atoms with Crippen LogP contribution in [0.4, 0.5) is 0 Å². The van der Waals surface area contributed by atoms with E-state index in [9.17, 15) is 0 Å². The summed E-state index contributed by atoms with van der Waals surface area (Å²) in [6, 6.07) is 10.6. The lowest BCUT2D eigenvalue weighted by atomic mass is 10.2. The van der Waals surface area contributed by atoms with E-state index in [1.54, 1.807) is 0 Å². The standard InChI is InChI=1S/C11H15NP2/c13-10-7-12(8-11(10)14)6-9-4-2-1-3-5-9/h1-5H,6-8,13-14H2. The lowest BCUT2D eigenvalue weighted by Crippen LogP contribution is -2.20. The lowest BCUT2D eigenvalue weighted by molar-refractivity contribution is 0.343. The third kappa shape index (κ3) is 2.42. The summed E-state index contributed by atoms with van der Waals surface area (Å²) in [5.74, 6) is 0. The third-order valence-corrected chi connectivity index (χ3v) is 3.89. The first-order valence-corrected chi connectivity index (χ1v) is 5.90. The third-order valence-electron chi connectivity index (χ3n) is 2.45. The van der Waals surface area contributed by atoms with Crippen molar-refractivity contribution in [1.82, 2.24) is 4.90 Å². The van der Waals surface area contributed by atoms with E-state index in [-0.39, 0.29) is 0 Å². The zero-order valence-corrected chi connectivity index (χ0v) is 10.4. The zero-order valence-electron chi connectivity index (χ0n) is 8.11. The molecule has 1 aromatic rings. The highest BCUT2D eigenvalue weighted by Gasteiger charge is 2.15. The van der Waals surface area contributed by atoms with Crippen LogP contribution in [0.2, 0.25) is 0 Å². The van der Waals surface area contributed by atoms with Crippen LogP contribution in [0.3, 0.4) is 0 Å². The first-order valence-electron chi connectivity index (χ1n) is 4.75. The van der Waals surface area contributed by atoms with Crippen LogP contribution in [0.1, 0.15) is 5.56 Å². The van der Waals surface area contributed by atoms with Gasteiger partial charge in [-0.25, -0.2) is 0 Å². The van der Waals surface area contributed by atoms with Gasteiger partial charge in [-0.1, -0.05) is 30.3 Å². The molecule has 14 heavy (non-hydrogen) atoms. The van der Waals surface area contributed by atoms with Crippen molar-refractivity contribution in [1.29, 1.82) is 0 Å². The minimum absolute atomic E-state index is 1.05. The van der Waals surface area contributed by atoms with Crippen molar-refractivity contribution >= 4 is 18.5 Å². The quantitative estimate of drug-likeness (QED) is 0.696. The molecule has 1 aromatic carbocycles. The molecule has 74 valence electrons. The molecule has 3 heteroatoms. The molecule has 2 atom stereocenters. The molecular weight excluding hydrogens is 208 g/mol. The number of hydrogen-bond acceptors (Lipinski definition) is 1. The maximum atomic E-state index is 2.82. The summed E-state index contributed by atoms with van der Waals surface area (Å²) >= 11 is 0. The van der Waals surface area contributed by atoms with E-state index in [0.717, 1.165) is 19.6 Å². The highest BCUT2D eigenvalue weighted by atomic mass is 31.0. The molecule has 0 saturated heterocycles. The molecule has 1 heterocycles. The maximum absolute atomic E-state index is 2.82. The molecule has 0 aliphatic carbocycles. The molecule has 2 unspecified atom stereocenters. The highest BCUT2D eigenvalue weighted by Crippen LogP contribution is 2.27. The summed E-state index contributed by atoms with van der Waals surface area (Å²) in [4.78, 5) is 2.44. The Morgan fingerprint density at radius 2 is 1.57 bits per heavy atom. The average molecular weight is 223 g/mol. The van der Waals surface area contributed by atoms with Crippen LogP contribution in [0.15, 0.2) is 41.0 Å². The van der Waals surface area contributed by atoms with Crippen LogP contribution in [-0.4, -0.2) is 18.0 Å². The van der Waals surface area contributed by atoms with Crippen molar-refractivity contribution in [3.8, 4) is 0 Å². The van der Waals surface area contributed by atoms with Gasteiger partial charge in [0.25, 0.3) is 0 Å². The smallest absolute Gasteiger partial charge is 0.0243 e. The Bertz CT molecular complexity index is 332. The summed E-state index contributed by atoms with van der Waals surface area (Å²) in [6.45, 7) is 3.22. The predicted octanol–water partition coefficient (Wildman–Crippen LogP) is 2.46. The van der Waals surface area contributed by atoms with Gasteiger partial charge in [0.05, 0.1) is 0 Å². The molecule has 0 amide bonds. The van der Waals surface area contributed by atoms with Crippen molar-refractivity contribution in [2.45, 2.75) is 6.54 Å². The van der Waals surface area contributed by atoms with Gasteiger partial charge in [-0.3, -0.25) is 4.90 Å². The van der Waals surface area contributed by atoms with E-state index in [1.165, 1.54) is 16.2 Å². The molecule has 0 radical (unpaired) electrons. The van der Waals surface area contributed by atoms with Gasteiger partial charge < -0.3 is 0 Å². The van der Waals surface area contributed by atoms with E-state index < -0.39 is 0 Å². The maximum Gasteiger partial charge on any atom is 0.0243 e. The van der Waals surface area contributed by atoms with Gasteiger partial charge in [-0.05, 0) is 16.2 Å². The van der Waals surface area contributed by atoms with Gasteiger partial charge in [0.1, 0.15) is 0 Å². The second-order valence-corrected chi connectivity index (χ2v) is 5.08. The van der Waals surface area contributed by atoms with Gasteiger partial charge in [-0.2, -0.15) is 0 Å². The topological polar surface area (TPSA) is 3.24 Å². The van der Waals surface area contributed by atoms with Crippen molar-refractivity contribution in [3.63, 3.8) is 0 Å². The molecule has 1 nitrogen and oxygen atoms in total. The first kappa shape index (κ1) is 10.3. The SMILES string of the molecule is PC1=C(P)CN(Cc2ccccc2)C1. The summed E-state index contributed by atoms with van der Waals surface area (Å²) in [7, 11) is 5.64. The van der Waals surface area contributed by atoms with Gasteiger partial charge in [0.15, 0.2) is 0 Å². The fraction of sp³-hybridized carbons (Fsp3) is 0.273. The van der Waals surface area contributed by atoms with Gasteiger partial charge in [0, 0.05) is 19.6 Å². The van der Waals surface area contributed by atoms with E-state index >= 15 is 0 Å². The Morgan fingerprint density at radius 1 is 1.00 bits per heavy atom. The first-order chi connectivity index (χ1) is 6.75. The average Bonchev–Trinajstić information content (AvgIpc) is 2.47. The normalized spacial score (nSPS) is 17.9. The molecule has 0 N–H and O–H groups in total. The Labute approximate surface area is 90.0 Å². The molecule has 0 aromatic heterocycles. The van der Waals surface area contributed by atoms with Crippen LogP contribution >= 0.6 is 18.5 Å². The number of rotatable bonds is 2. The van der Waals surface area contributed by atoms with Crippen LogP contribution in [-0.2, 0) is 6.54 Å². The van der Waals surface area contributed by atoms with Crippen molar-refractivity contribution in [3.05, 3.63) is 46.5 Å². The fourth-order valence-electron chi connectivity index (χ4n) is 1.69. The minimum Gasteiger partial charge on any atom is -0.291 e. The minimum atomic E-state index is 1.05.